The van der Waals surface area contributed by atoms with Crippen LogP contribution >= 0.6 is 0 Å². The molecule has 0 aliphatic carbocycles. The molecule has 0 saturated heterocycles. The first kappa shape index (κ1) is 13.9. The maximum absolute atomic E-state index is 13.7. The molecule has 3 nitrogen and oxygen atoms in total. The lowest BCUT2D eigenvalue weighted by Gasteiger charge is -2.07. The molecule has 0 spiro atoms. The molecule has 0 bridgehead atoms. The summed E-state index contributed by atoms with van der Waals surface area (Å²) in [5, 5.41) is 2.28. The molecule has 0 fully saturated rings. The van der Waals surface area contributed by atoms with E-state index >= 15 is 0 Å². The number of carbonyl (C=O) groups is 1. The fourth-order valence-corrected chi connectivity index (χ4v) is 1.58. The van der Waals surface area contributed by atoms with Gasteiger partial charge in [-0.3, -0.25) is 4.79 Å². The molecular weight excluding hydrogens is 271 g/mol. The van der Waals surface area contributed by atoms with Crippen LogP contribution in [0.1, 0.15) is 10.4 Å². The second-order valence-electron chi connectivity index (χ2n) is 3.93. The Morgan fingerprint density at radius 3 is 2.35 bits per heavy atom. The smallest absolute Gasteiger partial charge is 0.258 e. The minimum atomic E-state index is -1.10. The Morgan fingerprint density at radius 2 is 1.75 bits per heavy atom. The molecule has 0 atom stereocenters. The third-order valence-corrected chi connectivity index (χ3v) is 2.60. The summed E-state index contributed by atoms with van der Waals surface area (Å²) in [6, 6.07) is 6.58. The maximum Gasteiger partial charge on any atom is 0.258 e. The lowest BCUT2D eigenvalue weighted by Crippen LogP contribution is -2.14. The quantitative estimate of drug-likeness (QED) is 0.936. The first-order valence-corrected chi connectivity index (χ1v) is 5.61. The number of methoxy groups -OCH3 is 1. The van der Waals surface area contributed by atoms with Gasteiger partial charge in [0.05, 0.1) is 12.7 Å². The number of anilines is 1. The minimum Gasteiger partial charge on any atom is -0.497 e. The lowest BCUT2D eigenvalue weighted by atomic mass is 10.2. The summed E-state index contributed by atoms with van der Waals surface area (Å²) in [6.07, 6.45) is 0. The van der Waals surface area contributed by atoms with E-state index in [0.717, 1.165) is 18.2 Å². The van der Waals surface area contributed by atoms with Gasteiger partial charge < -0.3 is 10.1 Å². The maximum atomic E-state index is 13.7. The highest BCUT2D eigenvalue weighted by atomic mass is 19.2. The number of benzene rings is 2. The number of halogens is 3. The van der Waals surface area contributed by atoms with Crippen LogP contribution in [0, 0.1) is 17.5 Å². The monoisotopic (exact) mass is 281 g/mol. The van der Waals surface area contributed by atoms with Gasteiger partial charge in [0.15, 0.2) is 11.6 Å². The Kier molecular flexibility index (Phi) is 3.93. The van der Waals surface area contributed by atoms with E-state index in [1.54, 1.807) is 0 Å². The molecule has 2 aromatic carbocycles. The number of rotatable bonds is 3. The van der Waals surface area contributed by atoms with Gasteiger partial charge in [0, 0.05) is 17.8 Å². The molecule has 1 amide bonds. The molecule has 2 aromatic rings. The van der Waals surface area contributed by atoms with Gasteiger partial charge in [-0.25, -0.2) is 13.2 Å². The first-order valence-electron chi connectivity index (χ1n) is 5.61. The van der Waals surface area contributed by atoms with Crippen molar-refractivity contribution in [3.8, 4) is 5.75 Å². The number of carbonyl (C=O) groups excluding carboxylic acids is 1. The van der Waals surface area contributed by atoms with Crippen molar-refractivity contribution in [2.45, 2.75) is 0 Å². The Balaban J connectivity index is 2.21. The van der Waals surface area contributed by atoms with E-state index in [1.165, 1.54) is 25.3 Å². The molecule has 0 unspecified atom stereocenters. The van der Waals surface area contributed by atoms with Crippen LogP contribution in [0.25, 0.3) is 0 Å². The topological polar surface area (TPSA) is 38.3 Å². The fourth-order valence-electron chi connectivity index (χ4n) is 1.58. The fraction of sp³-hybridized carbons (Fsp3) is 0.0714. The summed E-state index contributed by atoms with van der Waals surface area (Å²) in [7, 11) is 1.37. The van der Waals surface area contributed by atoms with E-state index in [2.05, 4.69) is 5.32 Å². The molecule has 0 aliphatic rings. The van der Waals surface area contributed by atoms with E-state index in [4.69, 9.17) is 4.74 Å². The van der Waals surface area contributed by atoms with Crippen LogP contribution in [0.15, 0.2) is 36.4 Å². The molecule has 2 rings (SSSR count). The predicted octanol–water partition coefficient (Wildman–Crippen LogP) is 3.36. The highest BCUT2D eigenvalue weighted by Crippen LogP contribution is 2.18. The zero-order valence-electron chi connectivity index (χ0n) is 10.4. The van der Waals surface area contributed by atoms with E-state index in [0.29, 0.717) is 0 Å². The molecule has 20 heavy (non-hydrogen) atoms. The number of hydrogen-bond acceptors (Lipinski definition) is 2. The minimum absolute atomic E-state index is 0.0316. The van der Waals surface area contributed by atoms with Crippen LogP contribution < -0.4 is 10.1 Å². The van der Waals surface area contributed by atoms with Crippen molar-refractivity contribution in [1.29, 1.82) is 0 Å². The predicted molar refractivity (Wildman–Crippen MR) is 67.3 cm³/mol. The van der Waals surface area contributed by atoms with Crippen LogP contribution in [0.3, 0.4) is 0 Å². The van der Waals surface area contributed by atoms with Gasteiger partial charge in [-0.05, 0) is 24.3 Å². The van der Waals surface area contributed by atoms with E-state index in [-0.39, 0.29) is 17.0 Å². The van der Waals surface area contributed by atoms with E-state index in [9.17, 15) is 18.0 Å². The van der Waals surface area contributed by atoms with Crippen molar-refractivity contribution >= 4 is 11.6 Å². The zero-order chi connectivity index (χ0) is 14.7. The number of nitrogens with one attached hydrogen (secondary N) is 1. The van der Waals surface area contributed by atoms with Crippen molar-refractivity contribution < 1.29 is 22.7 Å². The van der Waals surface area contributed by atoms with Crippen molar-refractivity contribution in [3.05, 3.63) is 59.4 Å². The second kappa shape index (κ2) is 5.64. The molecule has 0 aliphatic heterocycles. The summed E-state index contributed by atoms with van der Waals surface area (Å²) in [5.74, 6) is -3.40. The van der Waals surface area contributed by atoms with Gasteiger partial charge in [0.25, 0.3) is 5.91 Å². The third-order valence-electron chi connectivity index (χ3n) is 2.60. The van der Waals surface area contributed by atoms with Crippen molar-refractivity contribution in [1.82, 2.24) is 0 Å². The number of amides is 1. The Hall–Kier alpha value is -2.50. The van der Waals surface area contributed by atoms with Gasteiger partial charge in [0.2, 0.25) is 0 Å². The average molecular weight is 281 g/mol. The van der Waals surface area contributed by atoms with E-state index < -0.39 is 23.4 Å². The van der Waals surface area contributed by atoms with Crippen LogP contribution in [0.2, 0.25) is 0 Å². The van der Waals surface area contributed by atoms with Crippen LogP contribution in [0.4, 0.5) is 18.9 Å². The number of hydrogen-bond donors (Lipinski definition) is 1. The summed E-state index contributed by atoms with van der Waals surface area (Å²) in [6.45, 7) is 0. The summed E-state index contributed by atoms with van der Waals surface area (Å²) in [5.41, 5.74) is -0.195. The molecule has 104 valence electrons. The average Bonchev–Trinajstić information content (AvgIpc) is 2.42. The Labute approximate surface area is 113 Å². The van der Waals surface area contributed by atoms with Gasteiger partial charge >= 0.3 is 0 Å². The summed E-state index contributed by atoms with van der Waals surface area (Å²) < 4.78 is 44.2. The molecule has 0 saturated carbocycles. The normalized spacial score (nSPS) is 10.2. The van der Waals surface area contributed by atoms with Crippen molar-refractivity contribution in [2.24, 2.45) is 0 Å². The van der Waals surface area contributed by atoms with E-state index in [1.807, 2.05) is 0 Å². The highest BCUT2D eigenvalue weighted by Gasteiger charge is 2.13. The van der Waals surface area contributed by atoms with Crippen LogP contribution in [-0.2, 0) is 0 Å². The summed E-state index contributed by atoms with van der Waals surface area (Å²) in [4.78, 5) is 11.8. The Morgan fingerprint density at radius 1 is 1.00 bits per heavy atom. The van der Waals surface area contributed by atoms with Crippen LogP contribution in [0.5, 0.6) is 5.75 Å². The largest absolute Gasteiger partial charge is 0.497 e. The van der Waals surface area contributed by atoms with Gasteiger partial charge in [0.1, 0.15) is 11.6 Å². The molecule has 0 radical (unpaired) electrons. The van der Waals surface area contributed by atoms with Crippen molar-refractivity contribution in [3.63, 3.8) is 0 Å². The standard InChI is InChI=1S/C14H10F3NO2/c1-20-9-3-4-10(12(16)7-9)14(19)18-8-2-5-11(15)13(17)6-8/h2-7H,1H3,(H,18,19). The third kappa shape index (κ3) is 2.90. The first-order chi connectivity index (χ1) is 9.51. The molecular formula is C14H10F3NO2. The molecule has 1 N–H and O–H groups in total. The SMILES string of the molecule is COc1ccc(C(=O)Nc2ccc(F)c(F)c2)c(F)c1. The highest BCUT2D eigenvalue weighted by molar-refractivity contribution is 6.04. The zero-order valence-corrected chi connectivity index (χ0v) is 10.4. The van der Waals surface area contributed by atoms with Crippen molar-refractivity contribution in [2.75, 3.05) is 12.4 Å². The lowest BCUT2D eigenvalue weighted by molar-refractivity contribution is 0.102. The van der Waals surface area contributed by atoms with Gasteiger partial charge in [-0.1, -0.05) is 0 Å². The van der Waals surface area contributed by atoms with Gasteiger partial charge in [-0.2, -0.15) is 0 Å². The number of ether oxygens (including phenoxy) is 1. The molecule has 6 heteroatoms. The molecule has 0 heterocycles. The Bertz CT molecular complexity index is 659. The second-order valence-corrected chi connectivity index (χ2v) is 3.93. The van der Waals surface area contributed by atoms with Gasteiger partial charge in [-0.15, -0.1) is 0 Å². The summed E-state index contributed by atoms with van der Waals surface area (Å²) >= 11 is 0. The van der Waals surface area contributed by atoms with Crippen LogP contribution in [-0.4, -0.2) is 13.0 Å². The molecule has 0 aromatic heterocycles.